The molecule has 112 valence electrons. The topological polar surface area (TPSA) is 40.5 Å². The molecule has 1 fully saturated rings. The Morgan fingerprint density at radius 3 is 2.81 bits per heavy atom. The number of carbonyl (C=O) groups is 1. The van der Waals surface area contributed by atoms with Crippen LogP contribution in [0.15, 0.2) is 24.3 Å². The molecule has 1 saturated heterocycles. The molecule has 1 N–H and O–H groups in total. The molecule has 1 aromatic rings. The SMILES string of the molecule is CCC1CCCN(C(=O)c2ccc(C#CCCO)cc2)C1. The molecule has 3 nitrogen and oxygen atoms in total. The molecule has 0 radical (unpaired) electrons. The highest BCUT2D eigenvalue weighted by atomic mass is 16.2. The van der Waals surface area contributed by atoms with Gasteiger partial charge in [0.1, 0.15) is 0 Å². The van der Waals surface area contributed by atoms with E-state index in [9.17, 15) is 4.79 Å². The molecular formula is C18H23NO2. The number of amides is 1. The van der Waals surface area contributed by atoms with Gasteiger partial charge in [-0.1, -0.05) is 25.2 Å². The molecule has 1 aromatic carbocycles. The maximum absolute atomic E-state index is 12.5. The van der Waals surface area contributed by atoms with E-state index in [4.69, 9.17) is 5.11 Å². The molecule has 2 rings (SSSR count). The first kappa shape index (κ1) is 15.6. The molecule has 0 aromatic heterocycles. The van der Waals surface area contributed by atoms with E-state index in [1.54, 1.807) is 0 Å². The van der Waals surface area contributed by atoms with E-state index in [-0.39, 0.29) is 12.5 Å². The van der Waals surface area contributed by atoms with Crippen molar-refractivity contribution in [3.8, 4) is 11.8 Å². The summed E-state index contributed by atoms with van der Waals surface area (Å²) in [5.74, 6) is 6.63. The van der Waals surface area contributed by atoms with Crippen LogP contribution in [0.2, 0.25) is 0 Å². The lowest BCUT2D eigenvalue weighted by molar-refractivity contribution is 0.0671. The van der Waals surface area contributed by atoms with Crippen LogP contribution < -0.4 is 0 Å². The zero-order chi connectivity index (χ0) is 15.1. The van der Waals surface area contributed by atoms with Gasteiger partial charge in [0.25, 0.3) is 5.91 Å². The summed E-state index contributed by atoms with van der Waals surface area (Å²) in [6.07, 6.45) is 3.96. The Kier molecular flexibility index (Phi) is 5.83. The van der Waals surface area contributed by atoms with Crippen molar-refractivity contribution in [3.05, 3.63) is 35.4 Å². The van der Waals surface area contributed by atoms with Crippen LogP contribution in [-0.2, 0) is 0 Å². The average Bonchev–Trinajstić information content (AvgIpc) is 2.55. The number of hydrogen-bond donors (Lipinski definition) is 1. The summed E-state index contributed by atoms with van der Waals surface area (Å²) in [4.78, 5) is 14.5. The highest BCUT2D eigenvalue weighted by molar-refractivity contribution is 5.94. The van der Waals surface area contributed by atoms with Crippen molar-refractivity contribution in [2.45, 2.75) is 32.6 Å². The van der Waals surface area contributed by atoms with Gasteiger partial charge in [-0.2, -0.15) is 0 Å². The fourth-order valence-electron chi connectivity index (χ4n) is 2.68. The summed E-state index contributed by atoms with van der Waals surface area (Å²) in [7, 11) is 0. The molecule has 1 aliphatic rings. The number of rotatable bonds is 3. The lowest BCUT2D eigenvalue weighted by atomic mass is 9.95. The summed E-state index contributed by atoms with van der Waals surface area (Å²) in [6.45, 7) is 4.02. The number of likely N-dealkylation sites (tertiary alicyclic amines) is 1. The maximum Gasteiger partial charge on any atom is 0.253 e. The molecule has 1 heterocycles. The Balaban J connectivity index is 2.01. The van der Waals surface area contributed by atoms with Crippen molar-refractivity contribution >= 4 is 5.91 Å². The molecular weight excluding hydrogens is 262 g/mol. The normalized spacial score (nSPS) is 18.0. The van der Waals surface area contributed by atoms with E-state index in [0.717, 1.165) is 37.1 Å². The second-order valence-corrected chi connectivity index (χ2v) is 5.52. The quantitative estimate of drug-likeness (QED) is 0.867. The first-order valence-corrected chi connectivity index (χ1v) is 7.73. The molecule has 21 heavy (non-hydrogen) atoms. The van der Waals surface area contributed by atoms with Crippen LogP contribution in [-0.4, -0.2) is 35.6 Å². The van der Waals surface area contributed by atoms with Crippen molar-refractivity contribution in [3.63, 3.8) is 0 Å². The summed E-state index contributed by atoms with van der Waals surface area (Å²) >= 11 is 0. The summed E-state index contributed by atoms with van der Waals surface area (Å²) < 4.78 is 0. The molecule has 0 aliphatic carbocycles. The third kappa shape index (κ3) is 4.34. The summed E-state index contributed by atoms with van der Waals surface area (Å²) in [5, 5.41) is 8.69. The van der Waals surface area contributed by atoms with Gasteiger partial charge >= 0.3 is 0 Å². The van der Waals surface area contributed by atoms with Gasteiger partial charge in [-0.3, -0.25) is 4.79 Å². The standard InChI is InChI=1S/C18H23NO2/c1-2-15-7-5-12-19(14-15)18(21)17-10-8-16(9-11-17)6-3-4-13-20/h8-11,15,20H,2,4-5,7,12-14H2,1H3. The Hall–Kier alpha value is -1.79. The zero-order valence-electron chi connectivity index (χ0n) is 12.6. The van der Waals surface area contributed by atoms with Crippen molar-refractivity contribution in [1.29, 1.82) is 0 Å². The first-order valence-electron chi connectivity index (χ1n) is 7.73. The van der Waals surface area contributed by atoms with Gasteiger partial charge in [0.15, 0.2) is 0 Å². The van der Waals surface area contributed by atoms with Crippen molar-refractivity contribution in [1.82, 2.24) is 4.90 Å². The summed E-state index contributed by atoms with van der Waals surface area (Å²) in [6, 6.07) is 7.44. The van der Waals surface area contributed by atoms with Gasteiger partial charge < -0.3 is 10.0 Å². The predicted molar refractivity (Wildman–Crippen MR) is 83.9 cm³/mol. The predicted octanol–water partition coefficient (Wildman–Crippen LogP) is 2.68. The van der Waals surface area contributed by atoms with Gasteiger partial charge in [0.2, 0.25) is 0 Å². The molecule has 0 saturated carbocycles. The molecule has 0 bridgehead atoms. The minimum absolute atomic E-state index is 0.0805. The van der Waals surface area contributed by atoms with Crippen LogP contribution in [0.4, 0.5) is 0 Å². The van der Waals surface area contributed by atoms with Gasteiger partial charge in [-0.25, -0.2) is 0 Å². The number of aliphatic hydroxyl groups is 1. The number of carbonyl (C=O) groups excluding carboxylic acids is 1. The number of aliphatic hydroxyl groups excluding tert-OH is 1. The van der Waals surface area contributed by atoms with E-state index in [2.05, 4.69) is 18.8 Å². The third-order valence-corrected chi connectivity index (χ3v) is 3.98. The molecule has 1 atom stereocenters. The van der Waals surface area contributed by atoms with Gasteiger partial charge in [-0.15, -0.1) is 0 Å². The fraction of sp³-hybridized carbons (Fsp3) is 0.500. The van der Waals surface area contributed by atoms with E-state index in [1.807, 2.05) is 29.2 Å². The highest BCUT2D eigenvalue weighted by Crippen LogP contribution is 2.21. The lowest BCUT2D eigenvalue weighted by Gasteiger charge is -2.32. The average molecular weight is 285 g/mol. The lowest BCUT2D eigenvalue weighted by Crippen LogP contribution is -2.39. The second kappa shape index (κ2) is 7.85. The number of piperidine rings is 1. The molecule has 1 unspecified atom stereocenters. The Labute approximate surface area is 127 Å². The maximum atomic E-state index is 12.5. The van der Waals surface area contributed by atoms with E-state index < -0.39 is 0 Å². The minimum Gasteiger partial charge on any atom is -0.395 e. The van der Waals surface area contributed by atoms with Crippen LogP contribution >= 0.6 is 0 Å². The molecule has 0 spiro atoms. The molecule has 1 aliphatic heterocycles. The highest BCUT2D eigenvalue weighted by Gasteiger charge is 2.23. The fourth-order valence-corrected chi connectivity index (χ4v) is 2.68. The van der Waals surface area contributed by atoms with Gasteiger partial charge in [0.05, 0.1) is 6.61 Å². The molecule has 3 heteroatoms. The van der Waals surface area contributed by atoms with Crippen molar-refractivity contribution in [2.24, 2.45) is 5.92 Å². The smallest absolute Gasteiger partial charge is 0.253 e. The zero-order valence-corrected chi connectivity index (χ0v) is 12.6. The molecule has 1 amide bonds. The first-order chi connectivity index (χ1) is 10.2. The number of benzene rings is 1. The van der Waals surface area contributed by atoms with Crippen LogP contribution in [0.1, 0.15) is 48.5 Å². The summed E-state index contributed by atoms with van der Waals surface area (Å²) in [5.41, 5.74) is 1.62. The van der Waals surface area contributed by atoms with E-state index >= 15 is 0 Å². The van der Waals surface area contributed by atoms with Crippen LogP contribution in [0.5, 0.6) is 0 Å². The van der Waals surface area contributed by atoms with E-state index in [0.29, 0.717) is 12.3 Å². The van der Waals surface area contributed by atoms with Crippen molar-refractivity contribution in [2.75, 3.05) is 19.7 Å². The monoisotopic (exact) mass is 285 g/mol. The van der Waals surface area contributed by atoms with Gasteiger partial charge in [-0.05, 0) is 43.0 Å². The Bertz CT molecular complexity index is 524. The Morgan fingerprint density at radius 2 is 2.14 bits per heavy atom. The van der Waals surface area contributed by atoms with Gasteiger partial charge in [0, 0.05) is 30.6 Å². The Morgan fingerprint density at radius 1 is 1.38 bits per heavy atom. The number of hydrogen-bond acceptors (Lipinski definition) is 2. The van der Waals surface area contributed by atoms with Crippen LogP contribution in [0, 0.1) is 17.8 Å². The van der Waals surface area contributed by atoms with Crippen LogP contribution in [0.3, 0.4) is 0 Å². The number of nitrogens with zero attached hydrogens (tertiary/aromatic N) is 1. The van der Waals surface area contributed by atoms with Crippen LogP contribution in [0.25, 0.3) is 0 Å². The largest absolute Gasteiger partial charge is 0.395 e. The second-order valence-electron chi connectivity index (χ2n) is 5.52. The minimum atomic E-state index is 0.0805. The van der Waals surface area contributed by atoms with E-state index in [1.165, 1.54) is 6.42 Å². The third-order valence-electron chi connectivity index (χ3n) is 3.98. The van der Waals surface area contributed by atoms with Crippen molar-refractivity contribution < 1.29 is 9.90 Å².